The molecule has 5 heteroatoms. The minimum absolute atomic E-state index is 0. The van der Waals surface area contributed by atoms with Crippen molar-refractivity contribution in [1.29, 1.82) is 5.41 Å². The van der Waals surface area contributed by atoms with Gasteiger partial charge in [0.1, 0.15) is 11.9 Å². The number of nitrogens with two attached hydrogens (primary N) is 1. The zero-order valence-corrected chi connectivity index (χ0v) is 10.1. The zero-order chi connectivity index (χ0) is 10.4. The van der Waals surface area contributed by atoms with Crippen molar-refractivity contribution in [3.05, 3.63) is 0 Å². The number of nitrogens with zero attached hydrogens (tertiary/aromatic N) is 2. The molecule has 0 aliphatic heterocycles. The van der Waals surface area contributed by atoms with Crippen LogP contribution in [0.25, 0.3) is 0 Å². The summed E-state index contributed by atoms with van der Waals surface area (Å²) < 4.78 is 0. The number of hydrogen-bond acceptors (Lipinski definition) is 3. The highest BCUT2D eigenvalue weighted by atomic mass is 35.5. The van der Waals surface area contributed by atoms with Crippen LogP contribution in [0.4, 0.5) is 0 Å². The van der Waals surface area contributed by atoms with Crippen LogP contribution in [0, 0.1) is 17.2 Å². The minimum Gasteiger partial charge on any atom is -0.386 e. The standard InChI is InChI=1S/C9H20N4.ClH/c1-6(2)5-12-13-8(7(3)4)9(10)11;/h6-8H,5H2,1-4H3,(H3,10,11);1H. The van der Waals surface area contributed by atoms with E-state index in [1.807, 2.05) is 13.8 Å². The molecule has 0 aliphatic rings. The Morgan fingerprint density at radius 3 is 2.07 bits per heavy atom. The minimum atomic E-state index is -0.251. The molecular weight excluding hydrogens is 200 g/mol. The summed E-state index contributed by atoms with van der Waals surface area (Å²) in [6.07, 6.45) is 0. The third-order valence-electron chi connectivity index (χ3n) is 1.60. The summed E-state index contributed by atoms with van der Waals surface area (Å²) >= 11 is 0. The number of azo groups is 1. The first-order valence-electron chi connectivity index (χ1n) is 4.65. The molecule has 0 fully saturated rings. The van der Waals surface area contributed by atoms with E-state index in [0.29, 0.717) is 12.5 Å². The molecule has 0 bridgehead atoms. The van der Waals surface area contributed by atoms with Gasteiger partial charge in [-0.15, -0.1) is 12.4 Å². The second kappa shape index (κ2) is 7.74. The van der Waals surface area contributed by atoms with Crippen molar-refractivity contribution < 1.29 is 0 Å². The van der Waals surface area contributed by atoms with Crippen molar-refractivity contribution in [3.8, 4) is 0 Å². The Labute approximate surface area is 92.3 Å². The number of hydrogen-bond donors (Lipinski definition) is 2. The van der Waals surface area contributed by atoms with Gasteiger partial charge in [0.15, 0.2) is 0 Å². The van der Waals surface area contributed by atoms with Crippen molar-refractivity contribution >= 4 is 18.2 Å². The normalized spacial score (nSPS) is 13.3. The largest absolute Gasteiger partial charge is 0.386 e. The summed E-state index contributed by atoms with van der Waals surface area (Å²) in [6.45, 7) is 8.84. The van der Waals surface area contributed by atoms with Crippen molar-refractivity contribution in [2.24, 2.45) is 27.8 Å². The maximum absolute atomic E-state index is 7.29. The first-order valence-corrected chi connectivity index (χ1v) is 4.65. The number of halogens is 1. The van der Waals surface area contributed by atoms with Crippen LogP contribution in [-0.4, -0.2) is 18.4 Å². The van der Waals surface area contributed by atoms with Gasteiger partial charge in [0.2, 0.25) is 0 Å². The topological polar surface area (TPSA) is 74.6 Å². The Morgan fingerprint density at radius 1 is 1.29 bits per heavy atom. The van der Waals surface area contributed by atoms with E-state index in [-0.39, 0.29) is 30.2 Å². The molecule has 0 rings (SSSR count). The fourth-order valence-electron chi connectivity index (χ4n) is 0.853. The third-order valence-corrected chi connectivity index (χ3v) is 1.60. The molecule has 0 amide bonds. The quantitative estimate of drug-likeness (QED) is 0.417. The Balaban J connectivity index is 0. The molecule has 0 aromatic heterocycles. The summed E-state index contributed by atoms with van der Waals surface area (Å²) in [7, 11) is 0. The molecule has 0 aromatic rings. The van der Waals surface area contributed by atoms with E-state index in [9.17, 15) is 0 Å². The zero-order valence-electron chi connectivity index (χ0n) is 9.32. The highest BCUT2D eigenvalue weighted by Gasteiger charge is 2.14. The SMILES string of the molecule is CC(C)CN=NC(C(=N)N)C(C)C.Cl. The molecule has 3 N–H and O–H groups in total. The monoisotopic (exact) mass is 220 g/mol. The first-order chi connectivity index (χ1) is 5.95. The second-order valence-corrected chi connectivity index (χ2v) is 3.98. The van der Waals surface area contributed by atoms with Crippen LogP contribution in [0.15, 0.2) is 10.2 Å². The maximum Gasteiger partial charge on any atom is 0.129 e. The van der Waals surface area contributed by atoms with Gasteiger partial charge in [-0.1, -0.05) is 27.7 Å². The average molecular weight is 221 g/mol. The van der Waals surface area contributed by atoms with Gasteiger partial charge in [-0.05, 0) is 11.8 Å². The van der Waals surface area contributed by atoms with E-state index in [4.69, 9.17) is 11.1 Å². The van der Waals surface area contributed by atoms with Crippen LogP contribution in [0.5, 0.6) is 0 Å². The lowest BCUT2D eigenvalue weighted by Gasteiger charge is -2.12. The van der Waals surface area contributed by atoms with Gasteiger partial charge in [0.05, 0.1) is 6.54 Å². The molecule has 1 unspecified atom stereocenters. The van der Waals surface area contributed by atoms with Gasteiger partial charge in [-0.2, -0.15) is 10.2 Å². The van der Waals surface area contributed by atoms with Gasteiger partial charge < -0.3 is 5.73 Å². The molecular formula is C9H21ClN4. The van der Waals surface area contributed by atoms with Crippen LogP contribution < -0.4 is 5.73 Å². The molecule has 84 valence electrons. The first kappa shape index (κ1) is 15.8. The number of nitrogens with one attached hydrogen (secondary N) is 1. The van der Waals surface area contributed by atoms with Crippen molar-refractivity contribution in [2.75, 3.05) is 6.54 Å². The van der Waals surface area contributed by atoms with Crippen LogP contribution in [0.2, 0.25) is 0 Å². The molecule has 0 saturated carbocycles. The predicted molar refractivity (Wildman–Crippen MR) is 62.3 cm³/mol. The fourth-order valence-corrected chi connectivity index (χ4v) is 0.853. The van der Waals surface area contributed by atoms with Gasteiger partial charge >= 0.3 is 0 Å². The van der Waals surface area contributed by atoms with Crippen LogP contribution in [0.3, 0.4) is 0 Å². The molecule has 0 aromatic carbocycles. The van der Waals surface area contributed by atoms with Crippen molar-refractivity contribution in [1.82, 2.24) is 0 Å². The lowest BCUT2D eigenvalue weighted by Crippen LogP contribution is -2.30. The third kappa shape index (κ3) is 6.83. The highest BCUT2D eigenvalue weighted by Crippen LogP contribution is 2.06. The molecule has 0 spiro atoms. The summed E-state index contributed by atoms with van der Waals surface area (Å²) in [5, 5.41) is 15.3. The van der Waals surface area contributed by atoms with E-state index in [1.165, 1.54) is 0 Å². The van der Waals surface area contributed by atoms with Gasteiger partial charge in [0, 0.05) is 0 Å². The Bertz CT molecular complexity index is 189. The Morgan fingerprint density at radius 2 is 1.79 bits per heavy atom. The van der Waals surface area contributed by atoms with Gasteiger partial charge in [-0.25, -0.2) is 0 Å². The number of amidine groups is 1. The fraction of sp³-hybridized carbons (Fsp3) is 0.889. The van der Waals surface area contributed by atoms with Crippen molar-refractivity contribution in [2.45, 2.75) is 33.7 Å². The molecule has 1 atom stereocenters. The van der Waals surface area contributed by atoms with Crippen LogP contribution >= 0.6 is 12.4 Å². The van der Waals surface area contributed by atoms with E-state index in [2.05, 4.69) is 24.1 Å². The lowest BCUT2D eigenvalue weighted by atomic mass is 10.1. The predicted octanol–water partition coefficient (Wildman–Crippen LogP) is 2.48. The summed E-state index contributed by atoms with van der Waals surface area (Å²) in [6, 6.07) is -0.251. The van der Waals surface area contributed by atoms with Crippen LogP contribution in [-0.2, 0) is 0 Å². The van der Waals surface area contributed by atoms with E-state index in [1.54, 1.807) is 0 Å². The molecule has 0 aliphatic carbocycles. The second-order valence-electron chi connectivity index (χ2n) is 3.98. The molecule has 0 radical (unpaired) electrons. The van der Waals surface area contributed by atoms with Crippen molar-refractivity contribution in [3.63, 3.8) is 0 Å². The van der Waals surface area contributed by atoms with E-state index >= 15 is 0 Å². The molecule has 4 nitrogen and oxygen atoms in total. The smallest absolute Gasteiger partial charge is 0.129 e. The molecule has 0 saturated heterocycles. The maximum atomic E-state index is 7.29. The summed E-state index contributed by atoms with van der Waals surface area (Å²) in [5.74, 6) is 0.847. The Kier molecular flexibility index (Phi) is 8.74. The lowest BCUT2D eigenvalue weighted by molar-refractivity contribution is 0.546. The summed E-state index contributed by atoms with van der Waals surface area (Å²) in [5.41, 5.74) is 5.38. The van der Waals surface area contributed by atoms with E-state index < -0.39 is 0 Å². The number of rotatable bonds is 5. The van der Waals surface area contributed by atoms with E-state index in [0.717, 1.165) is 0 Å². The molecule has 14 heavy (non-hydrogen) atoms. The average Bonchev–Trinajstić information content (AvgIpc) is 1.95. The highest BCUT2D eigenvalue weighted by molar-refractivity contribution is 5.85. The molecule has 0 heterocycles. The summed E-state index contributed by atoms with van der Waals surface area (Å²) in [4.78, 5) is 0. The van der Waals surface area contributed by atoms with Gasteiger partial charge in [0.25, 0.3) is 0 Å². The van der Waals surface area contributed by atoms with Gasteiger partial charge in [-0.3, -0.25) is 5.41 Å². The van der Waals surface area contributed by atoms with Crippen LogP contribution in [0.1, 0.15) is 27.7 Å². The Hall–Kier alpha value is -0.640.